The van der Waals surface area contributed by atoms with E-state index >= 15 is 0 Å². The molecule has 4 nitrogen and oxygen atoms in total. The number of hydrogen-bond donors (Lipinski definition) is 0. The molecule has 0 spiro atoms. The first-order chi connectivity index (χ1) is 29.8. The summed E-state index contributed by atoms with van der Waals surface area (Å²) in [5.41, 5.74) is 8.25. The van der Waals surface area contributed by atoms with Crippen molar-refractivity contribution >= 4 is 147 Å². The Morgan fingerprint density at radius 2 is 1.00 bits per heavy atom. The molecule has 12 rings (SSSR count). The van der Waals surface area contributed by atoms with Crippen molar-refractivity contribution in [2.75, 3.05) is 4.90 Å². The minimum atomic E-state index is 0.121. The van der Waals surface area contributed by atoms with Crippen molar-refractivity contribution in [1.29, 1.82) is 0 Å². The molecular formula is C51H25B5N4S. The van der Waals surface area contributed by atoms with E-state index in [0.717, 1.165) is 43.7 Å². The van der Waals surface area contributed by atoms with E-state index in [9.17, 15) is 0 Å². The molecule has 2 aromatic heterocycles. The Morgan fingerprint density at radius 3 is 1.82 bits per heavy atom. The van der Waals surface area contributed by atoms with E-state index in [2.05, 4.69) is 144 Å². The summed E-state index contributed by atoms with van der Waals surface area (Å²) in [6.45, 7) is 0. The number of nitrogens with zero attached hydrogens (tertiary/aromatic N) is 4. The van der Waals surface area contributed by atoms with E-state index < -0.39 is 0 Å². The van der Waals surface area contributed by atoms with Gasteiger partial charge in [0.1, 0.15) is 39.2 Å². The molecule has 10 heteroatoms. The largest absolute Gasteiger partial charge is 0.309 e. The molecule has 3 heterocycles. The summed E-state index contributed by atoms with van der Waals surface area (Å²) in [5.74, 6) is 1.11. The van der Waals surface area contributed by atoms with E-state index in [-0.39, 0.29) is 33.1 Å². The molecule has 0 amide bonds. The van der Waals surface area contributed by atoms with Crippen molar-refractivity contribution in [3.05, 3.63) is 152 Å². The highest BCUT2D eigenvalue weighted by molar-refractivity contribution is 7.25. The molecule has 1 aliphatic rings. The quantitative estimate of drug-likeness (QED) is 0.170. The number of hydrogen-bond acceptors (Lipinski definition) is 5. The predicted molar refractivity (Wildman–Crippen MR) is 262 cm³/mol. The molecule has 0 atom stereocenters. The first-order valence-corrected chi connectivity index (χ1v) is 20.7. The van der Waals surface area contributed by atoms with Crippen molar-refractivity contribution < 1.29 is 0 Å². The SMILES string of the molecule is [B]c1c([B])c([B])c(-c2nc(-c3ccc4c(c3)sc3ccccc34)nc(-c3ccc(N4c5ccc6ccccc6c5-c5cccc6cccc4c56)c4ccccc34)n2)c([B])c1[B]. The Labute approximate surface area is 362 Å². The van der Waals surface area contributed by atoms with Gasteiger partial charge in [-0.25, -0.2) is 15.0 Å². The van der Waals surface area contributed by atoms with E-state index in [1.54, 1.807) is 11.3 Å². The summed E-state index contributed by atoms with van der Waals surface area (Å²) in [5, 5.41) is 9.13. The van der Waals surface area contributed by atoms with Crippen LogP contribution in [0.5, 0.6) is 0 Å². The third-order valence-electron chi connectivity index (χ3n) is 12.1. The van der Waals surface area contributed by atoms with E-state index in [0.29, 0.717) is 17.2 Å². The lowest BCUT2D eigenvalue weighted by Crippen LogP contribution is -2.55. The molecule has 10 radical (unpaired) electrons. The third-order valence-corrected chi connectivity index (χ3v) is 13.3. The van der Waals surface area contributed by atoms with E-state index in [1.165, 1.54) is 48.1 Å². The number of rotatable bonds is 4. The van der Waals surface area contributed by atoms with Gasteiger partial charge in [0, 0.05) is 53.2 Å². The second kappa shape index (κ2) is 13.6. The highest BCUT2D eigenvalue weighted by Crippen LogP contribution is 2.54. The van der Waals surface area contributed by atoms with Crippen LogP contribution in [0, 0.1) is 0 Å². The summed E-state index contributed by atoms with van der Waals surface area (Å²) in [6, 6.07) is 53.5. The monoisotopic (exact) mass is 780 g/mol. The van der Waals surface area contributed by atoms with Crippen LogP contribution in [0.1, 0.15) is 0 Å². The zero-order valence-electron chi connectivity index (χ0n) is 32.5. The summed E-state index contributed by atoms with van der Waals surface area (Å²) in [4.78, 5) is 17.7. The van der Waals surface area contributed by atoms with Gasteiger partial charge in [0.25, 0.3) is 0 Å². The lowest BCUT2D eigenvalue weighted by molar-refractivity contribution is 1.08. The van der Waals surface area contributed by atoms with E-state index in [4.69, 9.17) is 54.2 Å². The van der Waals surface area contributed by atoms with Crippen LogP contribution < -0.4 is 32.2 Å². The normalized spacial score (nSPS) is 12.2. The van der Waals surface area contributed by atoms with Crippen molar-refractivity contribution in [1.82, 2.24) is 15.0 Å². The minimum Gasteiger partial charge on any atom is -0.309 e. The molecule has 0 saturated heterocycles. The molecule has 270 valence electrons. The van der Waals surface area contributed by atoms with Crippen LogP contribution in [0.2, 0.25) is 0 Å². The second-order valence-corrected chi connectivity index (χ2v) is 16.5. The fraction of sp³-hybridized carbons (Fsp3) is 0. The van der Waals surface area contributed by atoms with Gasteiger partial charge in [0.05, 0.1) is 17.1 Å². The van der Waals surface area contributed by atoms with Crippen molar-refractivity contribution in [2.45, 2.75) is 0 Å². The average molecular weight is 780 g/mol. The van der Waals surface area contributed by atoms with Gasteiger partial charge in [-0.3, -0.25) is 0 Å². The molecule has 9 aromatic carbocycles. The number of thiophene rings is 1. The number of anilines is 3. The van der Waals surface area contributed by atoms with Crippen LogP contribution in [0.25, 0.3) is 97.8 Å². The predicted octanol–water partition coefficient (Wildman–Crippen LogP) is 8.12. The Bertz CT molecular complexity index is 3660. The Hall–Kier alpha value is -6.89. The smallest absolute Gasteiger partial charge is 0.164 e. The molecule has 1 aliphatic heterocycles. The number of aromatic nitrogens is 3. The number of benzene rings is 9. The summed E-state index contributed by atoms with van der Waals surface area (Å²) in [6.07, 6.45) is 0. The highest BCUT2D eigenvalue weighted by Gasteiger charge is 2.29. The summed E-state index contributed by atoms with van der Waals surface area (Å²) in [7, 11) is 32.4. The van der Waals surface area contributed by atoms with Gasteiger partial charge in [0.2, 0.25) is 0 Å². The Kier molecular flexibility index (Phi) is 8.01. The maximum Gasteiger partial charge on any atom is 0.164 e. The molecule has 0 aliphatic carbocycles. The first-order valence-electron chi connectivity index (χ1n) is 19.9. The molecule has 0 fully saturated rings. The van der Waals surface area contributed by atoms with Crippen LogP contribution >= 0.6 is 11.3 Å². The van der Waals surface area contributed by atoms with Crippen molar-refractivity contribution in [3.63, 3.8) is 0 Å². The zero-order chi connectivity index (χ0) is 41.1. The standard InChI is InChI=1S/C51H25B5N4S/c52-44-43(45(53)47(55)48(56)46(44)54)51-58-49(28-19-21-33-32-15-5-6-18-39(32)61-40(33)25-28)57-50(59-51)34-22-24-36(31-14-4-3-13-30(31)34)60-37-17-8-11-27-10-7-16-35(41(27)37)42-29-12-2-1-9-26(29)20-23-38(42)60/h1-25H. The van der Waals surface area contributed by atoms with Crippen molar-refractivity contribution in [2.24, 2.45) is 0 Å². The lowest BCUT2D eigenvalue weighted by atomic mass is 9.60. The van der Waals surface area contributed by atoms with E-state index in [1.807, 2.05) is 12.1 Å². The third kappa shape index (κ3) is 5.35. The van der Waals surface area contributed by atoms with Crippen LogP contribution in [0.4, 0.5) is 17.1 Å². The molecule has 61 heavy (non-hydrogen) atoms. The van der Waals surface area contributed by atoms with Crippen molar-refractivity contribution in [3.8, 4) is 45.3 Å². The van der Waals surface area contributed by atoms with Gasteiger partial charge in [-0.15, -0.1) is 27.7 Å². The summed E-state index contributed by atoms with van der Waals surface area (Å²) < 4.78 is 2.32. The fourth-order valence-electron chi connectivity index (χ4n) is 9.20. The maximum absolute atomic E-state index is 6.67. The average Bonchev–Trinajstić information content (AvgIpc) is 3.68. The summed E-state index contributed by atoms with van der Waals surface area (Å²) >= 11 is 1.73. The van der Waals surface area contributed by atoms with Gasteiger partial charge >= 0.3 is 0 Å². The maximum atomic E-state index is 6.67. The van der Waals surface area contributed by atoms with Crippen LogP contribution in [0.15, 0.2) is 152 Å². The van der Waals surface area contributed by atoms with Gasteiger partial charge in [0.15, 0.2) is 17.5 Å². The molecule has 0 saturated carbocycles. The lowest BCUT2D eigenvalue weighted by Gasteiger charge is -2.35. The molecule has 0 N–H and O–H groups in total. The number of fused-ring (bicyclic) bond motifs is 8. The fourth-order valence-corrected chi connectivity index (χ4v) is 10.3. The molecule has 0 bridgehead atoms. The highest BCUT2D eigenvalue weighted by atomic mass is 32.1. The molecular weight excluding hydrogens is 755 g/mol. The first kappa shape index (κ1) is 36.0. The van der Waals surface area contributed by atoms with Crippen LogP contribution in [-0.2, 0) is 0 Å². The zero-order valence-corrected chi connectivity index (χ0v) is 33.3. The van der Waals surface area contributed by atoms with Gasteiger partial charge in [-0.1, -0.05) is 126 Å². The van der Waals surface area contributed by atoms with Gasteiger partial charge in [-0.05, 0) is 63.5 Å². The Balaban J connectivity index is 1.11. The van der Waals surface area contributed by atoms with Gasteiger partial charge in [-0.2, -0.15) is 0 Å². The van der Waals surface area contributed by atoms with Gasteiger partial charge < -0.3 is 4.90 Å². The minimum absolute atomic E-state index is 0.121. The topological polar surface area (TPSA) is 41.9 Å². The molecule has 0 unspecified atom stereocenters. The van der Waals surface area contributed by atoms with Crippen LogP contribution in [0.3, 0.4) is 0 Å². The second-order valence-electron chi connectivity index (χ2n) is 15.4. The molecule has 11 aromatic rings. The Morgan fingerprint density at radius 1 is 0.377 bits per heavy atom. The van der Waals surface area contributed by atoms with Crippen LogP contribution in [-0.4, -0.2) is 54.2 Å².